The Balaban J connectivity index is 1.45. The van der Waals surface area contributed by atoms with E-state index >= 15 is 0 Å². The third-order valence-corrected chi connectivity index (χ3v) is 8.64. The summed E-state index contributed by atoms with van der Waals surface area (Å²) in [4.78, 5) is 15.3. The van der Waals surface area contributed by atoms with Crippen molar-refractivity contribution in [3.05, 3.63) is 150 Å². The Morgan fingerprint density at radius 1 is 0.460 bits per heavy atom. The first-order valence-electron chi connectivity index (χ1n) is 15.3. The predicted molar refractivity (Wildman–Crippen MR) is 183 cm³/mol. The molecule has 5 nitrogen and oxygen atoms in total. The fraction of sp³-hybridized carbons (Fsp3) is 0. The van der Waals surface area contributed by atoms with Gasteiger partial charge in [-0.15, -0.1) is 0 Å². The number of hydrogen-bond acceptors (Lipinski definition) is 5. The molecule has 50 heavy (non-hydrogen) atoms. The van der Waals surface area contributed by atoms with E-state index in [4.69, 9.17) is 20.2 Å². The summed E-state index contributed by atoms with van der Waals surface area (Å²) in [5.41, 5.74) is 3.21. The maximum absolute atomic E-state index is 15.0. The SMILES string of the molecule is N#Cc1c(F)c(F)c(-c2ccc(-c3nc4ccccc4c4c(C#N)cc5nc(-c6ccccc6)c(-c6ccccc6)nc5c34)cc2)c(F)c1F. The van der Waals surface area contributed by atoms with Crippen molar-refractivity contribution in [1.29, 1.82) is 10.5 Å². The summed E-state index contributed by atoms with van der Waals surface area (Å²) >= 11 is 0. The van der Waals surface area contributed by atoms with Gasteiger partial charge in [-0.05, 0) is 17.7 Å². The first-order chi connectivity index (χ1) is 24.4. The van der Waals surface area contributed by atoms with E-state index in [1.807, 2.05) is 84.9 Å². The molecular weight excluding hydrogens is 638 g/mol. The molecule has 0 fully saturated rings. The van der Waals surface area contributed by atoms with Gasteiger partial charge in [0.1, 0.15) is 11.6 Å². The largest absolute Gasteiger partial charge is 0.247 e. The monoisotopic (exact) mass is 657 g/mol. The molecule has 0 N–H and O–H groups in total. The van der Waals surface area contributed by atoms with Gasteiger partial charge in [-0.1, -0.05) is 103 Å². The molecule has 2 aromatic heterocycles. The maximum Gasteiger partial charge on any atom is 0.180 e. The van der Waals surface area contributed by atoms with Gasteiger partial charge in [-0.2, -0.15) is 10.5 Å². The highest BCUT2D eigenvalue weighted by Crippen LogP contribution is 2.41. The van der Waals surface area contributed by atoms with Crippen LogP contribution in [0.25, 0.3) is 77.6 Å². The Bertz CT molecular complexity index is 2730. The number of nitrogens with zero attached hydrogens (tertiary/aromatic N) is 5. The molecule has 0 bridgehead atoms. The second kappa shape index (κ2) is 11.9. The van der Waals surface area contributed by atoms with E-state index in [0.29, 0.717) is 60.9 Å². The number of fused-ring (bicyclic) bond motifs is 5. The summed E-state index contributed by atoms with van der Waals surface area (Å²) < 4.78 is 59.0. The van der Waals surface area contributed by atoms with Crippen LogP contribution in [0.1, 0.15) is 11.1 Å². The third-order valence-electron chi connectivity index (χ3n) is 8.64. The normalized spacial score (nSPS) is 11.2. The van der Waals surface area contributed by atoms with Crippen LogP contribution in [0, 0.1) is 45.9 Å². The summed E-state index contributed by atoms with van der Waals surface area (Å²) in [6, 6.07) is 37.4. The van der Waals surface area contributed by atoms with Gasteiger partial charge in [-0.3, -0.25) is 0 Å². The second-order valence-electron chi connectivity index (χ2n) is 11.5. The minimum Gasteiger partial charge on any atom is -0.247 e. The highest BCUT2D eigenvalue weighted by atomic mass is 19.2. The molecule has 0 atom stereocenters. The second-order valence-corrected chi connectivity index (χ2v) is 11.5. The van der Waals surface area contributed by atoms with Crippen LogP contribution in [0.15, 0.2) is 115 Å². The van der Waals surface area contributed by atoms with Crippen molar-refractivity contribution in [2.45, 2.75) is 0 Å². The van der Waals surface area contributed by atoms with Crippen molar-refractivity contribution >= 4 is 32.7 Å². The van der Waals surface area contributed by atoms with Crippen molar-refractivity contribution in [2.75, 3.05) is 0 Å². The topological polar surface area (TPSA) is 86.2 Å². The smallest absolute Gasteiger partial charge is 0.180 e. The van der Waals surface area contributed by atoms with Gasteiger partial charge in [0.25, 0.3) is 0 Å². The molecule has 0 spiro atoms. The number of rotatable bonds is 4. The van der Waals surface area contributed by atoms with Crippen molar-refractivity contribution < 1.29 is 17.6 Å². The van der Waals surface area contributed by atoms with Gasteiger partial charge in [0.05, 0.1) is 50.8 Å². The fourth-order valence-corrected chi connectivity index (χ4v) is 6.33. The molecule has 236 valence electrons. The van der Waals surface area contributed by atoms with Crippen LogP contribution < -0.4 is 0 Å². The molecular formula is C41H19F4N5. The molecule has 8 aromatic rings. The number of nitriles is 2. The van der Waals surface area contributed by atoms with E-state index in [-0.39, 0.29) is 5.56 Å². The molecule has 0 amide bonds. The molecule has 0 aliphatic carbocycles. The van der Waals surface area contributed by atoms with Crippen LogP contribution in [-0.4, -0.2) is 15.0 Å². The standard InChI is InChI=1S/C41H19F4N5/c42-34-28(21-47)35(43)37(45)32(36(34)44)22-15-17-25(18-16-22)38-33-31(27-13-7-8-14-29(27)48-38)26(20-46)19-30-41(33)50-40(24-11-5-2-6-12-24)39(49-30)23-9-3-1-4-10-23/h1-19H. The Hall–Kier alpha value is -6.97. The molecule has 0 saturated carbocycles. The average molecular weight is 658 g/mol. The Morgan fingerprint density at radius 2 is 0.980 bits per heavy atom. The van der Waals surface area contributed by atoms with Crippen LogP contribution >= 0.6 is 0 Å². The van der Waals surface area contributed by atoms with Crippen molar-refractivity contribution in [3.63, 3.8) is 0 Å². The van der Waals surface area contributed by atoms with Gasteiger partial charge in [-0.25, -0.2) is 32.5 Å². The van der Waals surface area contributed by atoms with Crippen LogP contribution in [0.5, 0.6) is 0 Å². The summed E-state index contributed by atoms with van der Waals surface area (Å²) in [5, 5.41) is 21.3. The average Bonchev–Trinajstić information content (AvgIpc) is 3.17. The summed E-state index contributed by atoms with van der Waals surface area (Å²) in [7, 11) is 0. The quantitative estimate of drug-likeness (QED) is 0.107. The number of benzene rings is 6. The fourth-order valence-electron chi connectivity index (χ4n) is 6.33. The lowest BCUT2D eigenvalue weighted by molar-refractivity contribution is 0.454. The summed E-state index contributed by atoms with van der Waals surface area (Å²) in [6.45, 7) is 0. The zero-order valence-electron chi connectivity index (χ0n) is 25.7. The summed E-state index contributed by atoms with van der Waals surface area (Å²) in [6.07, 6.45) is 0. The van der Waals surface area contributed by atoms with Crippen molar-refractivity contribution in [2.24, 2.45) is 0 Å². The van der Waals surface area contributed by atoms with Crippen LogP contribution in [0.2, 0.25) is 0 Å². The highest BCUT2D eigenvalue weighted by Gasteiger charge is 2.27. The first-order valence-corrected chi connectivity index (χ1v) is 15.3. The van der Waals surface area contributed by atoms with Gasteiger partial charge in [0, 0.05) is 32.8 Å². The Labute approximate surface area is 282 Å². The molecule has 2 heterocycles. The van der Waals surface area contributed by atoms with E-state index in [9.17, 15) is 22.8 Å². The minimum atomic E-state index is -1.77. The van der Waals surface area contributed by atoms with Gasteiger partial charge < -0.3 is 0 Å². The molecule has 9 heteroatoms. The van der Waals surface area contributed by atoms with E-state index in [1.54, 1.807) is 6.07 Å². The lowest BCUT2D eigenvalue weighted by Crippen LogP contribution is -2.04. The van der Waals surface area contributed by atoms with Gasteiger partial charge in [0.2, 0.25) is 0 Å². The first kappa shape index (κ1) is 30.4. The molecule has 0 unspecified atom stereocenters. The van der Waals surface area contributed by atoms with E-state index in [1.165, 1.54) is 24.3 Å². The number of hydrogen-bond donors (Lipinski definition) is 0. The van der Waals surface area contributed by atoms with Crippen molar-refractivity contribution in [3.8, 4) is 57.0 Å². The summed E-state index contributed by atoms with van der Waals surface area (Å²) in [5.74, 6) is -6.90. The maximum atomic E-state index is 15.0. The van der Waals surface area contributed by atoms with Crippen LogP contribution in [-0.2, 0) is 0 Å². The van der Waals surface area contributed by atoms with Crippen LogP contribution in [0.4, 0.5) is 17.6 Å². The lowest BCUT2D eigenvalue weighted by atomic mass is 9.93. The minimum absolute atomic E-state index is 0.155. The van der Waals surface area contributed by atoms with Crippen LogP contribution in [0.3, 0.4) is 0 Å². The van der Waals surface area contributed by atoms with E-state index in [2.05, 4.69) is 6.07 Å². The lowest BCUT2D eigenvalue weighted by Gasteiger charge is -2.16. The zero-order valence-corrected chi connectivity index (χ0v) is 25.7. The molecule has 0 saturated heterocycles. The molecule has 0 radical (unpaired) electrons. The third kappa shape index (κ3) is 4.72. The Morgan fingerprint density at radius 3 is 1.58 bits per heavy atom. The number of halogens is 4. The van der Waals surface area contributed by atoms with Gasteiger partial charge >= 0.3 is 0 Å². The number of aromatic nitrogens is 3. The Kier molecular flexibility index (Phi) is 7.24. The highest BCUT2D eigenvalue weighted by molar-refractivity contribution is 6.22. The van der Waals surface area contributed by atoms with Crippen molar-refractivity contribution in [1.82, 2.24) is 15.0 Å². The molecule has 0 aliphatic rings. The van der Waals surface area contributed by atoms with E-state index < -0.39 is 34.4 Å². The molecule has 0 aliphatic heterocycles. The molecule has 8 rings (SSSR count). The number of para-hydroxylation sites is 1. The predicted octanol–water partition coefficient (Wildman–Crippen LogP) is 10.3. The number of pyridine rings is 1. The molecule has 6 aromatic carbocycles. The van der Waals surface area contributed by atoms with E-state index in [0.717, 1.165) is 17.2 Å². The zero-order chi connectivity index (χ0) is 34.5. The van der Waals surface area contributed by atoms with Gasteiger partial charge in [0.15, 0.2) is 23.3 Å².